The SMILES string of the molecule is COc1ccc2nc(N(CCn3cccn3)C(=O)c3ccc(S(=O)(=O)N(C)c4ccccc4)cc3)sc2c1. The Balaban J connectivity index is 1.44. The monoisotopic (exact) mass is 547 g/mol. The number of ether oxygens (including phenoxy) is 1. The number of thiazole rings is 1. The van der Waals surface area contributed by atoms with Crippen LogP contribution in [0.3, 0.4) is 0 Å². The number of carbonyl (C=O) groups is 1. The minimum Gasteiger partial charge on any atom is -0.497 e. The first-order valence-electron chi connectivity index (χ1n) is 11.7. The maximum Gasteiger partial charge on any atom is 0.264 e. The molecule has 1 amide bonds. The van der Waals surface area contributed by atoms with Gasteiger partial charge in [0.25, 0.3) is 15.9 Å². The van der Waals surface area contributed by atoms with E-state index in [0.717, 1.165) is 10.2 Å². The van der Waals surface area contributed by atoms with Crippen LogP contribution in [0.25, 0.3) is 10.2 Å². The van der Waals surface area contributed by atoms with E-state index in [2.05, 4.69) is 10.1 Å². The lowest BCUT2D eigenvalue weighted by molar-refractivity contribution is 0.0985. The number of anilines is 2. The standard InChI is InChI=1S/C27H25N5O4S2/c1-30(21-7-4-3-5-8-21)38(34,35)23-12-9-20(10-13-23)26(33)32(18-17-31-16-6-15-28-31)27-29-24-14-11-22(36-2)19-25(24)37-27/h3-16,19H,17-18H2,1-2H3. The summed E-state index contributed by atoms with van der Waals surface area (Å²) in [5, 5.41) is 4.77. The summed E-state index contributed by atoms with van der Waals surface area (Å²) in [6.45, 7) is 0.792. The number of fused-ring (bicyclic) bond motifs is 1. The predicted molar refractivity (Wildman–Crippen MR) is 149 cm³/mol. The second-order valence-electron chi connectivity index (χ2n) is 8.39. The van der Waals surface area contributed by atoms with Crippen molar-refractivity contribution >= 4 is 48.3 Å². The largest absolute Gasteiger partial charge is 0.497 e. The van der Waals surface area contributed by atoms with Crippen LogP contribution in [0.4, 0.5) is 10.8 Å². The van der Waals surface area contributed by atoms with E-state index in [-0.39, 0.29) is 10.8 Å². The highest BCUT2D eigenvalue weighted by Crippen LogP contribution is 2.32. The molecule has 11 heteroatoms. The average Bonchev–Trinajstić information content (AvgIpc) is 3.62. The van der Waals surface area contributed by atoms with Gasteiger partial charge in [-0.2, -0.15) is 5.10 Å². The van der Waals surface area contributed by atoms with E-state index >= 15 is 0 Å². The molecule has 0 unspecified atom stereocenters. The van der Waals surface area contributed by atoms with Crippen molar-refractivity contribution in [2.75, 3.05) is 29.9 Å². The zero-order chi connectivity index (χ0) is 26.7. The number of nitrogens with zero attached hydrogens (tertiary/aromatic N) is 5. The number of methoxy groups -OCH3 is 1. The normalized spacial score (nSPS) is 11.4. The number of benzene rings is 3. The van der Waals surface area contributed by atoms with E-state index in [9.17, 15) is 13.2 Å². The summed E-state index contributed by atoms with van der Waals surface area (Å²) >= 11 is 1.39. The molecule has 194 valence electrons. The summed E-state index contributed by atoms with van der Waals surface area (Å²) in [5.74, 6) is 0.419. The van der Waals surface area contributed by atoms with Crippen LogP contribution in [0.1, 0.15) is 10.4 Å². The number of rotatable bonds is 9. The lowest BCUT2D eigenvalue weighted by atomic mass is 10.2. The van der Waals surface area contributed by atoms with Crippen molar-refractivity contribution in [1.29, 1.82) is 0 Å². The Labute approximate surface area is 224 Å². The molecule has 5 rings (SSSR count). The minimum absolute atomic E-state index is 0.0931. The fourth-order valence-electron chi connectivity index (χ4n) is 3.91. The first kappa shape index (κ1) is 25.4. The van der Waals surface area contributed by atoms with Crippen LogP contribution in [0.5, 0.6) is 5.75 Å². The average molecular weight is 548 g/mol. The molecule has 38 heavy (non-hydrogen) atoms. The number of aromatic nitrogens is 3. The van der Waals surface area contributed by atoms with Crippen LogP contribution in [-0.2, 0) is 16.6 Å². The predicted octanol–water partition coefficient (Wildman–Crippen LogP) is 4.67. The molecule has 0 N–H and O–H groups in total. The third kappa shape index (κ3) is 5.11. The highest BCUT2D eigenvalue weighted by molar-refractivity contribution is 7.92. The molecule has 0 fully saturated rings. The Bertz CT molecular complexity index is 1650. The van der Waals surface area contributed by atoms with E-state index in [1.807, 2.05) is 36.5 Å². The maximum absolute atomic E-state index is 13.7. The molecule has 0 aliphatic heterocycles. The van der Waals surface area contributed by atoms with Crippen molar-refractivity contribution in [3.63, 3.8) is 0 Å². The topological polar surface area (TPSA) is 97.6 Å². The molecule has 0 atom stereocenters. The molecule has 0 saturated carbocycles. The third-order valence-corrected chi connectivity index (χ3v) is 8.89. The van der Waals surface area contributed by atoms with E-state index < -0.39 is 10.0 Å². The third-order valence-electron chi connectivity index (χ3n) is 6.05. The Morgan fingerprint density at radius 1 is 1.03 bits per heavy atom. The van der Waals surface area contributed by atoms with Gasteiger partial charge in [-0.3, -0.25) is 18.7 Å². The van der Waals surface area contributed by atoms with Crippen molar-refractivity contribution in [1.82, 2.24) is 14.8 Å². The first-order valence-corrected chi connectivity index (χ1v) is 14.0. The highest BCUT2D eigenvalue weighted by atomic mass is 32.2. The van der Waals surface area contributed by atoms with Gasteiger partial charge in [0.05, 0.1) is 34.5 Å². The van der Waals surface area contributed by atoms with Crippen LogP contribution in [0, 0.1) is 0 Å². The lowest BCUT2D eigenvalue weighted by Gasteiger charge is -2.21. The van der Waals surface area contributed by atoms with E-state index in [1.54, 1.807) is 47.2 Å². The van der Waals surface area contributed by atoms with Gasteiger partial charge < -0.3 is 4.74 Å². The molecule has 2 aromatic heterocycles. The first-order chi connectivity index (χ1) is 18.4. The Kier molecular flexibility index (Phi) is 7.12. The molecule has 2 heterocycles. The molecule has 5 aromatic rings. The number of sulfonamides is 1. The molecule has 9 nitrogen and oxygen atoms in total. The summed E-state index contributed by atoms with van der Waals surface area (Å²) in [5.41, 5.74) is 1.65. The van der Waals surface area contributed by atoms with Crippen LogP contribution < -0.4 is 13.9 Å². The smallest absolute Gasteiger partial charge is 0.264 e. The molecule has 0 radical (unpaired) electrons. The molecular weight excluding hydrogens is 522 g/mol. The Morgan fingerprint density at radius 3 is 2.47 bits per heavy atom. The van der Waals surface area contributed by atoms with Gasteiger partial charge in [0.15, 0.2) is 5.13 Å². The molecular formula is C27H25N5O4S2. The summed E-state index contributed by atoms with van der Waals surface area (Å²) in [6.07, 6.45) is 3.51. The van der Waals surface area contributed by atoms with E-state index in [4.69, 9.17) is 4.74 Å². The van der Waals surface area contributed by atoms with E-state index in [0.29, 0.717) is 35.2 Å². The number of hydrogen-bond donors (Lipinski definition) is 0. The number of hydrogen-bond acceptors (Lipinski definition) is 7. The zero-order valence-electron chi connectivity index (χ0n) is 20.8. The van der Waals surface area contributed by atoms with Gasteiger partial charge >= 0.3 is 0 Å². The van der Waals surface area contributed by atoms with Gasteiger partial charge in [-0.15, -0.1) is 0 Å². The number of amides is 1. The summed E-state index contributed by atoms with van der Waals surface area (Å²) in [6, 6.07) is 22.2. The molecule has 0 bridgehead atoms. The van der Waals surface area contributed by atoms with Crippen LogP contribution in [-0.4, -0.2) is 49.8 Å². The molecule has 3 aromatic carbocycles. The van der Waals surface area contributed by atoms with Crippen molar-refractivity contribution in [2.45, 2.75) is 11.4 Å². The summed E-state index contributed by atoms with van der Waals surface area (Å²) in [4.78, 5) is 20.1. The summed E-state index contributed by atoms with van der Waals surface area (Å²) < 4.78 is 35.5. The Hall–Kier alpha value is -4.22. The second-order valence-corrected chi connectivity index (χ2v) is 11.4. The van der Waals surface area contributed by atoms with Gasteiger partial charge in [-0.05, 0) is 60.7 Å². The van der Waals surface area contributed by atoms with Gasteiger partial charge in [-0.25, -0.2) is 13.4 Å². The fraction of sp³-hybridized carbons (Fsp3) is 0.148. The molecule has 0 aliphatic rings. The molecule has 0 spiro atoms. The van der Waals surface area contributed by atoms with Crippen LogP contribution in [0.15, 0.2) is 96.2 Å². The van der Waals surface area contributed by atoms with Gasteiger partial charge in [0.1, 0.15) is 5.75 Å². The zero-order valence-corrected chi connectivity index (χ0v) is 22.4. The molecule has 0 aliphatic carbocycles. The van der Waals surface area contributed by atoms with Crippen molar-refractivity contribution in [2.24, 2.45) is 0 Å². The van der Waals surface area contributed by atoms with Gasteiger partial charge in [0.2, 0.25) is 0 Å². The van der Waals surface area contributed by atoms with Gasteiger partial charge in [0, 0.05) is 31.5 Å². The van der Waals surface area contributed by atoms with E-state index in [1.165, 1.54) is 47.0 Å². The summed E-state index contributed by atoms with van der Waals surface area (Å²) in [7, 11) is -0.691. The maximum atomic E-state index is 13.7. The van der Waals surface area contributed by atoms with Crippen LogP contribution in [0.2, 0.25) is 0 Å². The quantitative estimate of drug-likeness (QED) is 0.266. The fourth-order valence-corrected chi connectivity index (χ4v) is 6.13. The van der Waals surface area contributed by atoms with Crippen LogP contribution >= 0.6 is 11.3 Å². The van der Waals surface area contributed by atoms with Gasteiger partial charge in [-0.1, -0.05) is 29.5 Å². The van der Waals surface area contributed by atoms with Crippen molar-refractivity contribution in [3.05, 3.63) is 96.8 Å². The number of para-hydroxylation sites is 1. The Morgan fingerprint density at radius 2 is 1.79 bits per heavy atom. The minimum atomic E-state index is -3.80. The van der Waals surface area contributed by atoms with Crippen molar-refractivity contribution in [3.8, 4) is 5.75 Å². The lowest BCUT2D eigenvalue weighted by Crippen LogP contribution is -2.34. The highest BCUT2D eigenvalue weighted by Gasteiger charge is 2.24. The number of carbonyl (C=O) groups excluding carboxylic acids is 1. The van der Waals surface area contributed by atoms with Crippen molar-refractivity contribution < 1.29 is 17.9 Å². The second kappa shape index (κ2) is 10.6. The molecule has 0 saturated heterocycles.